The summed E-state index contributed by atoms with van der Waals surface area (Å²) in [5, 5.41) is 16.1. The Hall–Kier alpha value is -2.07. The highest BCUT2D eigenvalue weighted by Gasteiger charge is 2.02. The summed E-state index contributed by atoms with van der Waals surface area (Å²) in [6.45, 7) is 2.12. The molecule has 0 aliphatic carbocycles. The molecule has 0 unspecified atom stereocenters. The van der Waals surface area contributed by atoms with Crippen LogP contribution in [0.4, 0.5) is 11.4 Å². The van der Waals surface area contributed by atoms with Crippen LogP contribution in [0.1, 0.15) is 12.5 Å². The fraction of sp³-hybridized carbons (Fsp3) is 0.133. The van der Waals surface area contributed by atoms with Gasteiger partial charge in [-0.05, 0) is 48.5 Å². The van der Waals surface area contributed by atoms with Crippen molar-refractivity contribution in [2.45, 2.75) is 13.3 Å². The Morgan fingerprint density at radius 3 is 2.37 bits per heavy atom. The molecule has 98 valence electrons. The molecule has 3 nitrogen and oxygen atoms in total. The van der Waals surface area contributed by atoms with Gasteiger partial charge in [-0.25, -0.2) is 0 Å². The van der Waals surface area contributed by atoms with E-state index < -0.39 is 0 Å². The maximum Gasteiger partial charge on any atom is 0.175 e. The van der Waals surface area contributed by atoms with Gasteiger partial charge in [0.05, 0.1) is 5.69 Å². The molecule has 0 atom stereocenters. The van der Waals surface area contributed by atoms with E-state index in [2.05, 4.69) is 29.7 Å². The van der Waals surface area contributed by atoms with Crippen molar-refractivity contribution in [1.82, 2.24) is 0 Å². The van der Waals surface area contributed by atoms with Crippen LogP contribution in [0.5, 0.6) is 5.75 Å². The van der Waals surface area contributed by atoms with Gasteiger partial charge in [0.25, 0.3) is 0 Å². The maximum absolute atomic E-state index is 9.64. The quantitative estimate of drug-likeness (QED) is 0.588. The minimum absolute atomic E-state index is 0.174. The number of phenolic OH excluding ortho intramolecular Hbond substituents is 1. The van der Waals surface area contributed by atoms with Crippen molar-refractivity contribution in [3.63, 3.8) is 0 Å². The third-order valence-electron chi connectivity index (χ3n) is 2.77. The van der Waals surface area contributed by atoms with Gasteiger partial charge in [-0.15, -0.1) is 0 Å². The zero-order valence-corrected chi connectivity index (χ0v) is 11.5. The molecule has 0 saturated heterocycles. The molecule has 3 N–H and O–H groups in total. The molecule has 0 radical (unpaired) electrons. The van der Waals surface area contributed by atoms with Crippen LogP contribution in [-0.4, -0.2) is 10.2 Å². The van der Waals surface area contributed by atoms with Crippen LogP contribution in [0.25, 0.3) is 0 Å². The number of aryl methyl sites for hydroxylation is 1. The largest absolute Gasteiger partial charge is 0.506 e. The Morgan fingerprint density at radius 1 is 1.05 bits per heavy atom. The lowest BCUT2D eigenvalue weighted by Gasteiger charge is -2.11. The van der Waals surface area contributed by atoms with E-state index in [-0.39, 0.29) is 5.75 Å². The molecular weight excluding hydrogens is 256 g/mol. The second-order valence-electron chi connectivity index (χ2n) is 4.15. The second kappa shape index (κ2) is 6.20. The third-order valence-corrected chi connectivity index (χ3v) is 2.98. The van der Waals surface area contributed by atoms with E-state index >= 15 is 0 Å². The van der Waals surface area contributed by atoms with Crippen molar-refractivity contribution in [2.24, 2.45) is 0 Å². The summed E-state index contributed by atoms with van der Waals surface area (Å²) in [6.07, 6.45) is 1.01. The van der Waals surface area contributed by atoms with E-state index in [1.807, 2.05) is 18.2 Å². The minimum atomic E-state index is 0.174. The summed E-state index contributed by atoms with van der Waals surface area (Å²) in [4.78, 5) is 0. The number of hydrogen-bond acceptors (Lipinski definition) is 2. The number of hydrogen-bond donors (Lipinski definition) is 3. The predicted molar refractivity (Wildman–Crippen MR) is 83.8 cm³/mol. The zero-order valence-electron chi connectivity index (χ0n) is 10.7. The highest BCUT2D eigenvalue weighted by molar-refractivity contribution is 7.80. The lowest BCUT2D eigenvalue weighted by Crippen LogP contribution is -2.19. The molecule has 4 heteroatoms. The summed E-state index contributed by atoms with van der Waals surface area (Å²) in [6, 6.07) is 15.1. The number of phenols is 1. The highest BCUT2D eigenvalue weighted by Crippen LogP contribution is 2.21. The van der Waals surface area contributed by atoms with E-state index in [0.717, 1.165) is 12.1 Å². The van der Waals surface area contributed by atoms with Crippen LogP contribution in [-0.2, 0) is 6.42 Å². The van der Waals surface area contributed by atoms with E-state index in [4.69, 9.17) is 12.2 Å². The normalized spacial score (nSPS) is 9.95. The Bertz CT molecular complexity index is 567. The first kappa shape index (κ1) is 13.4. The Kier molecular flexibility index (Phi) is 4.36. The summed E-state index contributed by atoms with van der Waals surface area (Å²) in [5.74, 6) is 0.174. The summed E-state index contributed by atoms with van der Waals surface area (Å²) < 4.78 is 0. The van der Waals surface area contributed by atoms with Crippen LogP contribution < -0.4 is 10.6 Å². The fourth-order valence-electron chi connectivity index (χ4n) is 1.69. The van der Waals surface area contributed by atoms with Crippen molar-refractivity contribution in [3.05, 3.63) is 54.1 Å². The van der Waals surface area contributed by atoms with E-state index in [1.54, 1.807) is 18.2 Å². The number of aromatic hydroxyl groups is 1. The first-order valence-electron chi connectivity index (χ1n) is 6.14. The van der Waals surface area contributed by atoms with Crippen LogP contribution >= 0.6 is 12.2 Å². The Labute approximate surface area is 118 Å². The van der Waals surface area contributed by atoms with E-state index in [1.165, 1.54) is 5.56 Å². The molecule has 0 saturated carbocycles. The number of para-hydroxylation sites is 2. The van der Waals surface area contributed by atoms with Gasteiger partial charge in [0, 0.05) is 5.69 Å². The van der Waals surface area contributed by atoms with Gasteiger partial charge in [0.15, 0.2) is 5.11 Å². The zero-order chi connectivity index (χ0) is 13.7. The van der Waals surface area contributed by atoms with Crippen molar-refractivity contribution in [3.8, 4) is 5.75 Å². The van der Waals surface area contributed by atoms with E-state index in [9.17, 15) is 5.11 Å². The summed E-state index contributed by atoms with van der Waals surface area (Å²) in [7, 11) is 0. The highest BCUT2D eigenvalue weighted by atomic mass is 32.1. The van der Waals surface area contributed by atoms with Gasteiger partial charge in [0.1, 0.15) is 5.75 Å². The molecule has 0 aromatic heterocycles. The topological polar surface area (TPSA) is 44.3 Å². The molecule has 0 heterocycles. The predicted octanol–water partition coefficient (Wildman–Crippen LogP) is 3.76. The monoisotopic (exact) mass is 272 g/mol. The van der Waals surface area contributed by atoms with Gasteiger partial charge in [-0.2, -0.15) is 0 Å². The van der Waals surface area contributed by atoms with Gasteiger partial charge in [0.2, 0.25) is 0 Å². The molecule has 19 heavy (non-hydrogen) atoms. The molecule has 0 bridgehead atoms. The summed E-state index contributed by atoms with van der Waals surface area (Å²) in [5.41, 5.74) is 2.79. The number of benzene rings is 2. The maximum atomic E-state index is 9.64. The Balaban J connectivity index is 1.99. The number of anilines is 2. The first-order valence-corrected chi connectivity index (χ1v) is 6.55. The van der Waals surface area contributed by atoms with Crippen LogP contribution in [0, 0.1) is 0 Å². The number of nitrogens with one attached hydrogen (secondary N) is 2. The average molecular weight is 272 g/mol. The smallest absolute Gasteiger partial charge is 0.175 e. The SMILES string of the molecule is CCc1ccc(NC(=S)Nc2ccccc2O)cc1. The van der Waals surface area contributed by atoms with E-state index in [0.29, 0.717) is 10.8 Å². The minimum Gasteiger partial charge on any atom is -0.506 e. The van der Waals surface area contributed by atoms with Gasteiger partial charge < -0.3 is 15.7 Å². The first-order chi connectivity index (χ1) is 9.19. The molecule has 2 rings (SSSR count). The van der Waals surface area contributed by atoms with Crippen molar-refractivity contribution in [1.29, 1.82) is 0 Å². The molecule has 2 aromatic rings. The molecule has 0 fully saturated rings. The van der Waals surface area contributed by atoms with Crippen LogP contribution in [0.2, 0.25) is 0 Å². The molecule has 0 aliphatic heterocycles. The van der Waals surface area contributed by atoms with Gasteiger partial charge >= 0.3 is 0 Å². The second-order valence-corrected chi connectivity index (χ2v) is 4.55. The van der Waals surface area contributed by atoms with Crippen LogP contribution in [0.3, 0.4) is 0 Å². The molecule has 0 spiro atoms. The Morgan fingerprint density at radius 2 is 1.74 bits per heavy atom. The molecular formula is C15H16N2OS. The average Bonchev–Trinajstić information content (AvgIpc) is 2.42. The lowest BCUT2D eigenvalue weighted by molar-refractivity contribution is 0.478. The standard InChI is InChI=1S/C15H16N2OS/c1-2-11-7-9-12(10-8-11)16-15(19)17-13-5-3-4-6-14(13)18/h3-10,18H,2H2,1H3,(H2,16,17,19). The fourth-order valence-corrected chi connectivity index (χ4v) is 1.92. The van der Waals surface area contributed by atoms with Crippen LogP contribution in [0.15, 0.2) is 48.5 Å². The van der Waals surface area contributed by atoms with Gasteiger partial charge in [-0.3, -0.25) is 0 Å². The molecule has 0 aliphatic rings. The van der Waals surface area contributed by atoms with Crippen molar-refractivity contribution < 1.29 is 5.11 Å². The number of thiocarbonyl (C=S) groups is 1. The van der Waals surface area contributed by atoms with Crippen molar-refractivity contribution in [2.75, 3.05) is 10.6 Å². The molecule has 0 amide bonds. The lowest BCUT2D eigenvalue weighted by atomic mass is 10.1. The van der Waals surface area contributed by atoms with Crippen molar-refractivity contribution >= 4 is 28.7 Å². The molecule has 2 aromatic carbocycles. The number of rotatable bonds is 3. The summed E-state index contributed by atoms with van der Waals surface area (Å²) >= 11 is 5.21. The third kappa shape index (κ3) is 3.69. The van der Waals surface area contributed by atoms with Gasteiger partial charge in [-0.1, -0.05) is 31.2 Å².